The summed E-state index contributed by atoms with van der Waals surface area (Å²) in [6.45, 7) is 0.375. The Morgan fingerprint density at radius 3 is 2.33 bits per heavy atom. The van der Waals surface area contributed by atoms with E-state index in [1.165, 1.54) is 13.2 Å². The zero-order chi connectivity index (χ0) is 19.0. The van der Waals surface area contributed by atoms with E-state index in [1.807, 2.05) is 24.3 Å². The van der Waals surface area contributed by atoms with Crippen molar-refractivity contribution in [3.05, 3.63) is 83.2 Å². The van der Waals surface area contributed by atoms with Gasteiger partial charge in [-0.25, -0.2) is 4.39 Å². The van der Waals surface area contributed by atoms with Crippen LogP contribution >= 0.6 is 0 Å². The Morgan fingerprint density at radius 1 is 0.926 bits per heavy atom. The summed E-state index contributed by atoms with van der Waals surface area (Å²) < 4.78 is 25.3. The maximum absolute atomic E-state index is 14.4. The molecule has 0 fully saturated rings. The smallest absolute Gasteiger partial charge is 0.165 e. The maximum Gasteiger partial charge on any atom is 0.165 e. The predicted molar refractivity (Wildman–Crippen MR) is 99.2 cm³/mol. The molecular weight excluding hydrogens is 347 g/mol. The van der Waals surface area contributed by atoms with Crippen LogP contribution in [0.3, 0.4) is 0 Å². The van der Waals surface area contributed by atoms with Crippen LogP contribution in [0, 0.1) is 5.82 Å². The van der Waals surface area contributed by atoms with Crippen molar-refractivity contribution in [1.29, 1.82) is 0 Å². The number of halogens is 1. The van der Waals surface area contributed by atoms with Crippen LogP contribution in [0.4, 0.5) is 4.39 Å². The fraction of sp³-hybridized carbons (Fsp3) is 0.182. The van der Waals surface area contributed by atoms with Gasteiger partial charge >= 0.3 is 0 Å². The van der Waals surface area contributed by atoms with Crippen LogP contribution in [0.1, 0.15) is 28.5 Å². The number of methoxy groups -OCH3 is 1. The highest BCUT2D eigenvalue weighted by Crippen LogP contribution is 2.47. The molecule has 4 nitrogen and oxygen atoms in total. The number of phenols is 2. The number of hydrogen-bond donors (Lipinski definition) is 2. The minimum Gasteiger partial charge on any atom is -0.508 e. The van der Waals surface area contributed by atoms with Crippen LogP contribution < -0.4 is 9.47 Å². The van der Waals surface area contributed by atoms with Crippen LogP contribution in [0.5, 0.6) is 23.0 Å². The number of benzene rings is 3. The highest BCUT2D eigenvalue weighted by Gasteiger charge is 2.34. The van der Waals surface area contributed by atoms with Gasteiger partial charge in [-0.15, -0.1) is 0 Å². The number of ether oxygens (including phenoxy) is 2. The first-order valence-corrected chi connectivity index (χ1v) is 8.65. The van der Waals surface area contributed by atoms with Gasteiger partial charge in [0.2, 0.25) is 0 Å². The van der Waals surface area contributed by atoms with Crippen molar-refractivity contribution >= 4 is 0 Å². The standard InChI is InChI=1S/C22H19FO4/c1-26-20-9-4-14(10-19(20)23)22-17-8-7-16(25)11-21(17)27-12-18(22)13-2-5-15(24)6-3-13/h2-11,18,22,24-25H,12H2,1H3/t18-,22-/m0/s1. The zero-order valence-electron chi connectivity index (χ0n) is 14.7. The molecule has 3 aromatic rings. The summed E-state index contributed by atoms with van der Waals surface area (Å²) in [4.78, 5) is 0. The van der Waals surface area contributed by atoms with Gasteiger partial charge in [0.05, 0.1) is 13.7 Å². The first-order chi connectivity index (χ1) is 13.1. The second-order valence-corrected chi connectivity index (χ2v) is 6.60. The predicted octanol–water partition coefficient (Wildman–Crippen LogP) is 4.55. The van der Waals surface area contributed by atoms with E-state index in [-0.39, 0.29) is 29.1 Å². The number of aromatic hydroxyl groups is 2. The molecule has 0 unspecified atom stereocenters. The van der Waals surface area contributed by atoms with E-state index >= 15 is 0 Å². The Kier molecular flexibility index (Phi) is 4.36. The van der Waals surface area contributed by atoms with Crippen LogP contribution in [0.2, 0.25) is 0 Å². The summed E-state index contributed by atoms with van der Waals surface area (Å²) in [5, 5.41) is 19.4. The minimum absolute atomic E-state index is 0.0737. The van der Waals surface area contributed by atoms with Gasteiger partial charge in [-0.05, 0) is 41.5 Å². The maximum atomic E-state index is 14.4. The van der Waals surface area contributed by atoms with E-state index in [2.05, 4.69) is 0 Å². The van der Waals surface area contributed by atoms with Crippen molar-refractivity contribution in [2.24, 2.45) is 0 Å². The van der Waals surface area contributed by atoms with Crippen LogP contribution in [-0.4, -0.2) is 23.9 Å². The van der Waals surface area contributed by atoms with Gasteiger partial charge < -0.3 is 19.7 Å². The molecule has 0 saturated heterocycles. The lowest BCUT2D eigenvalue weighted by atomic mass is 9.76. The third-order valence-corrected chi connectivity index (χ3v) is 5.01. The number of rotatable bonds is 3. The molecule has 0 aliphatic carbocycles. The molecule has 138 valence electrons. The lowest BCUT2D eigenvalue weighted by Gasteiger charge is -2.34. The molecular formula is C22H19FO4. The van der Waals surface area contributed by atoms with Crippen molar-refractivity contribution in [3.8, 4) is 23.0 Å². The summed E-state index contributed by atoms with van der Waals surface area (Å²) in [6, 6.07) is 16.9. The lowest BCUT2D eigenvalue weighted by Crippen LogP contribution is -2.25. The van der Waals surface area contributed by atoms with Gasteiger partial charge in [0.1, 0.15) is 17.2 Å². The molecule has 0 amide bonds. The Labute approximate surface area is 156 Å². The molecule has 0 saturated carbocycles. The molecule has 5 heteroatoms. The third kappa shape index (κ3) is 3.16. The largest absolute Gasteiger partial charge is 0.508 e. The van der Waals surface area contributed by atoms with Gasteiger partial charge in [0, 0.05) is 23.5 Å². The van der Waals surface area contributed by atoms with Gasteiger partial charge in [-0.3, -0.25) is 0 Å². The van der Waals surface area contributed by atoms with Gasteiger partial charge in [0.25, 0.3) is 0 Å². The molecule has 0 spiro atoms. The van der Waals surface area contributed by atoms with E-state index < -0.39 is 5.82 Å². The second kappa shape index (κ2) is 6.83. The molecule has 1 aliphatic rings. The highest BCUT2D eigenvalue weighted by molar-refractivity contribution is 5.51. The van der Waals surface area contributed by atoms with Crippen molar-refractivity contribution in [2.45, 2.75) is 11.8 Å². The molecule has 3 aromatic carbocycles. The first kappa shape index (κ1) is 17.2. The molecule has 2 N–H and O–H groups in total. The number of fused-ring (bicyclic) bond motifs is 1. The summed E-state index contributed by atoms with van der Waals surface area (Å²) >= 11 is 0. The Bertz CT molecular complexity index is 969. The van der Waals surface area contributed by atoms with Gasteiger partial charge in [0.15, 0.2) is 11.6 Å². The summed E-state index contributed by atoms with van der Waals surface area (Å²) in [5.74, 6) is 0.425. The van der Waals surface area contributed by atoms with Gasteiger partial charge in [-0.2, -0.15) is 0 Å². The van der Waals surface area contributed by atoms with Crippen LogP contribution in [0.25, 0.3) is 0 Å². The van der Waals surface area contributed by atoms with Gasteiger partial charge in [-0.1, -0.05) is 24.3 Å². The normalized spacial score (nSPS) is 18.4. The van der Waals surface area contributed by atoms with Crippen molar-refractivity contribution in [1.82, 2.24) is 0 Å². The van der Waals surface area contributed by atoms with Crippen molar-refractivity contribution in [3.63, 3.8) is 0 Å². The quantitative estimate of drug-likeness (QED) is 0.714. The first-order valence-electron chi connectivity index (χ1n) is 8.65. The molecule has 27 heavy (non-hydrogen) atoms. The van der Waals surface area contributed by atoms with Crippen LogP contribution in [0.15, 0.2) is 60.7 Å². The molecule has 4 rings (SSSR count). The molecule has 2 atom stereocenters. The molecule has 1 heterocycles. The molecule has 0 aromatic heterocycles. The van der Waals surface area contributed by atoms with E-state index in [0.29, 0.717) is 12.4 Å². The highest BCUT2D eigenvalue weighted by atomic mass is 19.1. The zero-order valence-corrected chi connectivity index (χ0v) is 14.7. The van der Waals surface area contributed by atoms with Crippen molar-refractivity contribution < 1.29 is 24.1 Å². The van der Waals surface area contributed by atoms with E-state index in [1.54, 1.807) is 30.3 Å². The molecule has 1 aliphatic heterocycles. The van der Waals surface area contributed by atoms with Crippen molar-refractivity contribution in [2.75, 3.05) is 13.7 Å². The Hall–Kier alpha value is -3.21. The molecule has 0 bridgehead atoms. The second-order valence-electron chi connectivity index (χ2n) is 6.60. The topological polar surface area (TPSA) is 58.9 Å². The minimum atomic E-state index is -0.425. The number of hydrogen-bond acceptors (Lipinski definition) is 4. The monoisotopic (exact) mass is 366 g/mol. The Balaban J connectivity index is 1.85. The summed E-state index contributed by atoms with van der Waals surface area (Å²) in [7, 11) is 1.43. The number of phenolic OH excluding ortho intramolecular Hbond substituents is 2. The SMILES string of the molecule is COc1ccc([C@H]2c3ccc(O)cc3OC[C@H]2c2ccc(O)cc2)cc1F. The lowest BCUT2D eigenvalue weighted by molar-refractivity contribution is 0.247. The summed E-state index contributed by atoms with van der Waals surface area (Å²) in [6.07, 6.45) is 0. The van der Waals surface area contributed by atoms with E-state index in [0.717, 1.165) is 16.7 Å². The van der Waals surface area contributed by atoms with E-state index in [4.69, 9.17) is 9.47 Å². The van der Waals surface area contributed by atoms with Crippen LogP contribution in [-0.2, 0) is 0 Å². The Morgan fingerprint density at radius 2 is 1.63 bits per heavy atom. The van der Waals surface area contributed by atoms with E-state index in [9.17, 15) is 14.6 Å². The average molecular weight is 366 g/mol. The summed E-state index contributed by atoms with van der Waals surface area (Å²) in [5.41, 5.74) is 2.65. The molecule has 0 radical (unpaired) electrons. The fourth-order valence-corrected chi connectivity index (χ4v) is 3.70. The third-order valence-electron chi connectivity index (χ3n) is 5.01. The average Bonchev–Trinajstić information content (AvgIpc) is 2.67. The fourth-order valence-electron chi connectivity index (χ4n) is 3.70.